The number of carbonyl (C=O) groups is 1. The molecule has 0 aliphatic carbocycles. The van der Waals surface area contributed by atoms with Gasteiger partial charge in [0.25, 0.3) is 15.9 Å². The zero-order valence-electron chi connectivity index (χ0n) is 16.5. The third-order valence-electron chi connectivity index (χ3n) is 5.17. The molecular formula is C23H21ClN2O3S. The Morgan fingerprint density at radius 1 is 1.03 bits per heavy atom. The van der Waals surface area contributed by atoms with Crippen LogP contribution in [0.1, 0.15) is 21.5 Å². The SMILES string of the molecule is CN(Cc1cccc(Cl)c1)C(=O)c1cccc(S(=O)(=O)N2CCc3ccccc32)c1. The molecule has 1 heterocycles. The Hall–Kier alpha value is -2.83. The van der Waals surface area contributed by atoms with Gasteiger partial charge in [0, 0.05) is 30.7 Å². The molecule has 154 valence electrons. The van der Waals surface area contributed by atoms with Gasteiger partial charge in [-0.15, -0.1) is 0 Å². The van der Waals surface area contributed by atoms with Crippen molar-refractivity contribution in [3.63, 3.8) is 0 Å². The first-order valence-corrected chi connectivity index (χ1v) is 11.4. The number of para-hydroxylation sites is 1. The second-order valence-corrected chi connectivity index (χ2v) is 9.57. The number of benzene rings is 3. The summed E-state index contributed by atoms with van der Waals surface area (Å²) in [5.74, 6) is -0.256. The maximum absolute atomic E-state index is 13.3. The van der Waals surface area contributed by atoms with Crippen LogP contribution in [0, 0.1) is 0 Å². The lowest BCUT2D eigenvalue weighted by Crippen LogP contribution is -2.30. The highest BCUT2D eigenvalue weighted by Gasteiger charge is 2.31. The van der Waals surface area contributed by atoms with Gasteiger partial charge >= 0.3 is 0 Å². The molecule has 7 heteroatoms. The molecule has 0 fully saturated rings. The standard InChI is InChI=1S/C23H21ClN2O3S/c1-25(16-17-6-4-9-20(24)14-17)23(27)19-8-5-10-21(15-19)30(28,29)26-13-12-18-7-2-3-11-22(18)26/h2-11,14-15H,12-13,16H2,1H3. The van der Waals surface area contributed by atoms with E-state index in [4.69, 9.17) is 11.6 Å². The topological polar surface area (TPSA) is 57.7 Å². The van der Waals surface area contributed by atoms with E-state index in [1.165, 1.54) is 16.4 Å². The number of nitrogens with zero attached hydrogens (tertiary/aromatic N) is 2. The van der Waals surface area contributed by atoms with Gasteiger partial charge in [0.2, 0.25) is 0 Å². The van der Waals surface area contributed by atoms with Crippen molar-refractivity contribution in [2.45, 2.75) is 17.9 Å². The van der Waals surface area contributed by atoms with E-state index in [0.29, 0.717) is 35.8 Å². The number of hydrogen-bond acceptors (Lipinski definition) is 3. The number of halogens is 1. The minimum atomic E-state index is -3.75. The molecule has 30 heavy (non-hydrogen) atoms. The molecule has 0 bridgehead atoms. The summed E-state index contributed by atoms with van der Waals surface area (Å²) >= 11 is 6.02. The zero-order chi connectivity index (χ0) is 21.3. The summed E-state index contributed by atoms with van der Waals surface area (Å²) in [5, 5.41) is 0.604. The Bertz CT molecular complexity index is 1210. The molecule has 5 nitrogen and oxygen atoms in total. The summed E-state index contributed by atoms with van der Waals surface area (Å²) < 4.78 is 27.9. The predicted molar refractivity (Wildman–Crippen MR) is 118 cm³/mol. The van der Waals surface area contributed by atoms with Crippen LogP contribution in [0.4, 0.5) is 5.69 Å². The van der Waals surface area contributed by atoms with Gasteiger partial charge in [-0.2, -0.15) is 0 Å². The third kappa shape index (κ3) is 3.93. The van der Waals surface area contributed by atoms with Crippen molar-refractivity contribution in [3.05, 3.63) is 94.5 Å². The van der Waals surface area contributed by atoms with Gasteiger partial charge in [0.05, 0.1) is 10.6 Å². The predicted octanol–water partition coefficient (Wildman–Crippen LogP) is 4.36. The smallest absolute Gasteiger partial charge is 0.264 e. The monoisotopic (exact) mass is 440 g/mol. The number of carbonyl (C=O) groups excluding carboxylic acids is 1. The van der Waals surface area contributed by atoms with Gasteiger partial charge in [0.15, 0.2) is 0 Å². The number of amides is 1. The molecule has 3 aromatic rings. The average Bonchev–Trinajstić information content (AvgIpc) is 3.18. The summed E-state index contributed by atoms with van der Waals surface area (Å²) in [5.41, 5.74) is 2.94. The second kappa shape index (κ2) is 8.13. The Morgan fingerprint density at radius 2 is 1.80 bits per heavy atom. The van der Waals surface area contributed by atoms with Crippen LogP contribution in [0.25, 0.3) is 0 Å². The average molecular weight is 441 g/mol. The van der Waals surface area contributed by atoms with Crippen molar-refractivity contribution in [2.24, 2.45) is 0 Å². The fourth-order valence-corrected chi connectivity index (χ4v) is 5.44. The largest absolute Gasteiger partial charge is 0.337 e. The van der Waals surface area contributed by atoms with Crippen molar-refractivity contribution < 1.29 is 13.2 Å². The number of fused-ring (bicyclic) bond motifs is 1. The molecule has 0 atom stereocenters. The van der Waals surface area contributed by atoms with Crippen LogP contribution in [0.5, 0.6) is 0 Å². The van der Waals surface area contributed by atoms with Crippen molar-refractivity contribution >= 4 is 33.2 Å². The van der Waals surface area contributed by atoms with Gasteiger partial charge in [-0.25, -0.2) is 8.42 Å². The van der Waals surface area contributed by atoms with Crippen LogP contribution >= 0.6 is 11.6 Å². The highest BCUT2D eigenvalue weighted by molar-refractivity contribution is 7.92. The molecule has 1 aliphatic heterocycles. The lowest BCUT2D eigenvalue weighted by molar-refractivity contribution is 0.0785. The van der Waals surface area contributed by atoms with Crippen molar-refractivity contribution in [2.75, 3.05) is 17.9 Å². The molecule has 0 aromatic heterocycles. The summed E-state index contributed by atoms with van der Waals surface area (Å²) in [4.78, 5) is 14.6. The Kier molecular flexibility index (Phi) is 5.54. The molecule has 0 saturated heterocycles. The van der Waals surface area contributed by atoms with E-state index >= 15 is 0 Å². The van der Waals surface area contributed by atoms with E-state index in [0.717, 1.165) is 11.1 Å². The lowest BCUT2D eigenvalue weighted by Gasteiger charge is -2.21. The van der Waals surface area contributed by atoms with Crippen LogP contribution in [0.3, 0.4) is 0 Å². The summed E-state index contributed by atoms with van der Waals surface area (Å²) in [7, 11) is -2.07. The van der Waals surface area contributed by atoms with E-state index in [-0.39, 0.29) is 10.8 Å². The Balaban J connectivity index is 1.58. The van der Waals surface area contributed by atoms with Gasteiger partial charge in [0.1, 0.15) is 0 Å². The molecule has 0 N–H and O–H groups in total. The molecule has 3 aromatic carbocycles. The normalized spacial score (nSPS) is 13.2. The lowest BCUT2D eigenvalue weighted by atomic mass is 10.1. The second-order valence-electron chi connectivity index (χ2n) is 7.27. The number of sulfonamides is 1. The van der Waals surface area contributed by atoms with Crippen LogP contribution < -0.4 is 4.31 Å². The third-order valence-corrected chi connectivity index (χ3v) is 7.21. The fraction of sp³-hybridized carbons (Fsp3) is 0.174. The van der Waals surface area contributed by atoms with Crippen LogP contribution in [-0.2, 0) is 23.0 Å². The Labute approximate surface area is 181 Å². The van der Waals surface area contributed by atoms with Gasteiger partial charge < -0.3 is 4.90 Å². The molecule has 0 radical (unpaired) electrons. The van der Waals surface area contributed by atoms with Gasteiger partial charge in [-0.1, -0.05) is 48.0 Å². The maximum Gasteiger partial charge on any atom is 0.264 e. The minimum absolute atomic E-state index is 0.112. The minimum Gasteiger partial charge on any atom is -0.337 e. The fourth-order valence-electron chi connectivity index (χ4n) is 3.68. The first-order valence-electron chi connectivity index (χ1n) is 9.57. The number of rotatable bonds is 5. The number of hydrogen-bond donors (Lipinski definition) is 0. The molecule has 0 saturated carbocycles. The first kappa shape index (κ1) is 20.4. The van der Waals surface area contributed by atoms with E-state index in [1.807, 2.05) is 36.4 Å². The van der Waals surface area contributed by atoms with E-state index in [9.17, 15) is 13.2 Å². The van der Waals surface area contributed by atoms with Crippen LogP contribution in [0.2, 0.25) is 5.02 Å². The van der Waals surface area contributed by atoms with Gasteiger partial charge in [-0.05, 0) is 53.9 Å². The van der Waals surface area contributed by atoms with E-state index in [2.05, 4.69) is 0 Å². The summed E-state index contributed by atoms with van der Waals surface area (Å²) in [6, 6.07) is 21.0. The highest BCUT2D eigenvalue weighted by Crippen LogP contribution is 2.32. The molecule has 4 rings (SSSR count). The molecule has 1 aliphatic rings. The molecular weight excluding hydrogens is 420 g/mol. The Morgan fingerprint density at radius 3 is 2.60 bits per heavy atom. The van der Waals surface area contributed by atoms with Crippen LogP contribution in [0.15, 0.2) is 77.7 Å². The summed E-state index contributed by atoms with van der Waals surface area (Å²) in [6.45, 7) is 0.768. The molecule has 0 unspecified atom stereocenters. The zero-order valence-corrected chi connectivity index (χ0v) is 18.0. The highest BCUT2D eigenvalue weighted by atomic mass is 35.5. The van der Waals surface area contributed by atoms with Gasteiger partial charge in [-0.3, -0.25) is 9.10 Å². The van der Waals surface area contributed by atoms with Crippen molar-refractivity contribution in [1.29, 1.82) is 0 Å². The van der Waals surface area contributed by atoms with Crippen molar-refractivity contribution in [3.8, 4) is 0 Å². The number of anilines is 1. The maximum atomic E-state index is 13.3. The van der Waals surface area contributed by atoms with E-state index in [1.54, 1.807) is 36.2 Å². The molecule has 0 spiro atoms. The van der Waals surface area contributed by atoms with E-state index < -0.39 is 10.0 Å². The quantitative estimate of drug-likeness (QED) is 0.592. The van der Waals surface area contributed by atoms with Crippen molar-refractivity contribution in [1.82, 2.24) is 4.90 Å². The summed E-state index contributed by atoms with van der Waals surface area (Å²) in [6.07, 6.45) is 0.677. The van der Waals surface area contributed by atoms with Crippen LogP contribution in [-0.4, -0.2) is 32.8 Å². The first-order chi connectivity index (χ1) is 14.4. The molecule has 1 amide bonds.